The fraction of sp³-hybridized carbons (Fsp3) is 0.143. The minimum atomic E-state index is -0.322. The van der Waals surface area contributed by atoms with Crippen LogP contribution in [0.2, 0.25) is 5.02 Å². The zero-order chi connectivity index (χ0) is 18.5. The summed E-state index contributed by atoms with van der Waals surface area (Å²) in [4.78, 5) is 11.9. The summed E-state index contributed by atoms with van der Waals surface area (Å²) < 4.78 is 5.46. The maximum atomic E-state index is 11.9. The number of amides is 1. The van der Waals surface area contributed by atoms with Gasteiger partial charge in [0.05, 0.1) is 5.71 Å². The Bertz CT molecular complexity index is 983. The zero-order valence-corrected chi connectivity index (χ0v) is 15.4. The molecule has 0 aliphatic carbocycles. The first-order valence-corrected chi connectivity index (χ1v) is 8.62. The molecule has 0 saturated heterocycles. The molecule has 0 aromatic heterocycles. The van der Waals surface area contributed by atoms with Crippen molar-refractivity contribution in [1.82, 2.24) is 5.43 Å². The average Bonchev–Trinajstić information content (AvgIpc) is 2.66. The van der Waals surface area contributed by atoms with Gasteiger partial charge < -0.3 is 4.74 Å². The number of halogens is 1. The number of hydrazone groups is 1. The molecule has 1 N–H and O–H groups in total. The van der Waals surface area contributed by atoms with E-state index in [1.165, 1.54) is 5.39 Å². The number of hydrogen-bond donors (Lipinski definition) is 1. The molecule has 3 aromatic carbocycles. The summed E-state index contributed by atoms with van der Waals surface area (Å²) in [6, 6.07) is 19.4. The third kappa shape index (κ3) is 4.41. The first-order valence-electron chi connectivity index (χ1n) is 8.24. The van der Waals surface area contributed by atoms with Crippen molar-refractivity contribution in [2.75, 3.05) is 6.61 Å². The number of carbonyl (C=O) groups is 1. The summed E-state index contributed by atoms with van der Waals surface area (Å²) in [6.07, 6.45) is 0. The lowest BCUT2D eigenvalue weighted by atomic mass is 10.0. The molecule has 0 spiro atoms. The van der Waals surface area contributed by atoms with Crippen molar-refractivity contribution in [3.63, 3.8) is 0 Å². The first kappa shape index (κ1) is 18.0. The van der Waals surface area contributed by atoms with Crippen LogP contribution in [0, 0.1) is 6.92 Å². The summed E-state index contributed by atoms with van der Waals surface area (Å²) in [5.74, 6) is 0.273. The van der Waals surface area contributed by atoms with Crippen molar-refractivity contribution < 1.29 is 9.53 Å². The Labute approximate surface area is 157 Å². The van der Waals surface area contributed by atoms with Crippen molar-refractivity contribution in [1.29, 1.82) is 0 Å². The van der Waals surface area contributed by atoms with E-state index in [9.17, 15) is 4.79 Å². The number of carbonyl (C=O) groups excluding carboxylic acids is 1. The van der Waals surface area contributed by atoms with Crippen LogP contribution in [0.4, 0.5) is 0 Å². The minimum Gasteiger partial charge on any atom is -0.484 e. The predicted octanol–water partition coefficient (Wildman–Crippen LogP) is 4.72. The second kappa shape index (κ2) is 8.02. The van der Waals surface area contributed by atoms with Gasteiger partial charge in [-0.15, -0.1) is 0 Å². The van der Waals surface area contributed by atoms with Crippen molar-refractivity contribution in [3.05, 3.63) is 76.8 Å². The second-order valence-corrected chi connectivity index (χ2v) is 6.40. The van der Waals surface area contributed by atoms with Crippen LogP contribution in [0.15, 0.2) is 65.8 Å². The van der Waals surface area contributed by atoms with Gasteiger partial charge in [0.1, 0.15) is 5.75 Å². The van der Waals surface area contributed by atoms with Crippen molar-refractivity contribution in [2.45, 2.75) is 13.8 Å². The molecule has 0 atom stereocenters. The SMILES string of the molecule is C/C(=N\NC(=O)COc1ccc(Cl)c(C)c1)c1ccc2ccccc2c1. The Morgan fingerprint density at radius 2 is 1.85 bits per heavy atom. The fourth-order valence-electron chi connectivity index (χ4n) is 2.51. The highest BCUT2D eigenvalue weighted by atomic mass is 35.5. The number of ether oxygens (including phenoxy) is 1. The number of aryl methyl sites for hydroxylation is 1. The molecule has 0 saturated carbocycles. The third-order valence-electron chi connectivity index (χ3n) is 4.01. The second-order valence-electron chi connectivity index (χ2n) is 5.99. The number of benzene rings is 3. The van der Waals surface area contributed by atoms with E-state index in [4.69, 9.17) is 16.3 Å². The van der Waals surface area contributed by atoms with E-state index in [-0.39, 0.29) is 12.5 Å². The molecular formula is C21H19ClN2O2. The molecule has 0 aliphatic heterocycles. The largest absolute Gasteiger partial charge is 0.484 e. The zero-order valence-electron chi connectivity index (χ0n) is 14.6. The highest BCUT2D eigenvalue weighted by Gasteiger charge is 2.05. The average molecular weight is 367 g/mol. The molecule has 3 aromatic rings. The topological polar surface area (TPSA) is 50.7 Å². The van der Waals surface area contributed by atoms with Gasteiger partial charge >= 0.3 is 0 Å². The molecule has 132 valence electrons. The number of hydrogen-bond acceptors (Lipinski definition) is 3. The fourth-order valence-corrected chi connectivity index (χ4v) is 2.63. The quantitative estimate of drug-likeness (QED) is 0.524. The van der Waals surface area contributed by atoms with Crippen molar-refractivity contribution in [3.8, 4) is 5.75 Å². The normalized spacial score (nSPS) is 11.4. The molecule has 0 bridgehead atoms. The van der Waals surface area contributed by atoms with Crippen molar-refractivity contribution >= 4 is 34.0 Å². The Kier molecular flexibility index (Phi) is 5.54. The molecule has 0 aliphatic rings. The molecule has 0 fully saturated rings. The lowest BCUT2D eigenvalue weighted by Crippen LogP contribution is -2.25. The molecule has 0 heterocycles. The van der Waals surface area contributed by atoms with Crippen LogP contribution in [0.1, 0.15) is 18.1 Å². The lowest BCUT2D eigenvalue weighted by molar-refractivity contribution is -0.123. The highest BCUT2D eigenvalue weighted by molar-refractivity contribution is 6.31. The maximum Gasteiger partial charge on any atom is 0.277 e. The maximum absolute atomic E-state index is 11.9. The Hall–Kier alpha value is -2.85. The van der Waals surface area contributed by atoms with Gasteiger partial charge in [-0.3, -0.25) is 4.79 Å². The summed E-state index contributed by atoms with van der Waals surface area (Å²) >= 11 is 5.97. The van der Waals surface area contributed by atoms with Gasteiger partial charge in [-0.1, -0.05) is 48.0 Å². The van der Waals surface area contributed by atoms with E-state index in [2.05, 4.69) is 16.6 Å². The van der Waals surface area contributed by atoms with Crippen LogP contribution >= 0.6 is 11.6 Å². The van der Waals surface area contributed by atoms with Crippen LogP contribution in [0.3, 0.4) is 0 Å². The van der Waals surface area contributed by atoms with Crippen molar-refractivity contribution in [2.24, 2.45) is 5.10 Å². The molecule has 0 radical (unpaired) electrons. The van der Waals surface area contributed by atoms with Gasteiger partial charge in [0.25, 0.3) is 5.91 Å². The van der Waals surface area contributed by atoms with Gasteiger partial charge in [-0.2, -0.15) is 5.10 Å². The van der Waals surface area contributed by atoms with E-state index in [0.29, 0.717) is 10.8 Å². The van der Waals surface area contributed by atoms with Gasteiger partial charge in [0, 0.05) is 5.02 Å². The van der Waals surface area contributed by atoms with E-state index in [1.807, 2.05) is 50.2 Å². The van der Waals surface area contributed by atoms with E-state index in [1.54, 1.807) is 18.2 Å². The van der Waals surface area contributed by atoms with Crippen LogP contribution in [0.25, 0.3) is 10.8 Å². The smallest absolute Gasteiger partial charge is 0.277 e. The number of fused-ring (bicyclic) bond motifs is 1. The number of nitrogens with zero attached hydrogens (tertiary/aromatic N) is 1. The van der Waals surface area contributed by atoms with Gasteiger partial charge in [0.15, 0.2) is 6.61 Å². The Morgan fingerprint density at radius 3 is 2.62 bits per heavy atom. The molecule has 4 nitrogen and oxygen atoms in total. The number of nitrogens with one attached hydrogen (secondary N) is 1. The Morgan fingerprint density at radius 1 is 1.08 bits per heavy atom. The van der Waals surface area contributed by atoms with Gasteiger partial charge in [-0.05, 0) is 60.0 Å². The molecule has 3 rings (SSSR count). The Balaban J connectivity index is 1.60. The van der Waals surface area contributed by atoms with Crippen LogP contribution in [-0.4, -0.2) is 18.2 Å². The molecule has 1 amide bonds. The molecular weight excluding hydrogens is 348 g/mol. The number of rotatable bonds is 5. The van der Waals surface area contributed by atoms with Gasteiger partial charge in [0.2, 0.25) is 0 Å². The first-order chi connectivity index (χ1) is 12.5. The van der Waals surface area contributed by atoms with E-state index < -0.39 is 0 Å². The minimum absolute atomic E-state index is 0.116. The highest BCUT2D eigenvalue weighted by Crippen LogP contribution is 2.21. The monoisotopic (exact) mass is 366 g/mol. The third-order valence-corrected chi connectivity index (χ3v) is 4.44. The standard InChI is InChI=1S/C21H19ClN2O2/c1-14-11-19(9-10-20(14)22)26-13-21(25)24-23-15(2)17-8-7-16-5-3-4-6-18(16)12-17/h3-12H,13H2,1-2H3,(H,24,25)/b23-15+. The predicted molar refractivity (Wildman–Crippen MR) is 106 cm³/mol. The molecule has 0 unspecified atom stereocenters. The van der Waals surface area contributed by atoms with Gasteiger partial charge in [-0.25, -0.2) is 5.43 Å². The lowest BCUT2D eigenvalue weighted by Gasteiger charge is -2.07. The summed E-state index contributed by atoms with van der Waals surface area (Å²) in [5, 5.41) is 7.12. The van der Waals surface area contributed by atoms with Crippen LogP contribution < -0.4 is 10.2 Å². The summed E-state index contributed by atoms with van der Waals surface area (Å²) in [5.41, 5.74) is 5.11. The van der Waals surface area contributed by atoms with Crippen LogP contribution in [0.5, 0.6) is 5.75 Å². The van der Waals surface area contributed by atoms with E-state index in [0.717, 1.165) is 22.2 Å². The summed E-state index contributed by atoms with van der Waals surface area (Å²) in [6.45, 7) is 3.62. The molecule has 5 heteroatoms. The van der Waals surface area contributed by atoms with E-state index >= 15 is 0 Å². The summed E-state index contributed by atoms with van der Waals surface area (Å²) in [7, 11) is 0. The van der Waals surface area contributed by atoms with Crippen LogP contribution in [-0.2, 0) is 4.79 Å². The molecule has 26 heavy (non-hydrogen) atoms.